The Bertz CT molecular complexity index is 440. The Hall–Kier alpha value is -1.50. The van der Waals surface area contributed by atoms with Crippen molar-refractivity contribution in [3.05, 3.63) is 24.3 Å². The van der Waals surface area contributed by atoms with E-state index in [1.54, 1.807) is 4.68 Å². The zero-order chi connectivity index (χ0) is 12.7. The SMILES string of the molecule is CC.OCN(CO)Cn1nnc2ccccc21. The number of aromatic nitrogens is 3. The maximum Gasteiger partial charge on any atom is 0.113 e. The first-order valence-corrected chi connectivity index (χ1v) is 5.57. The summed E-state index contributed by atoms with van der Waals surface area (Å²) >= 11 is 0. The molecule has 0 fully saturated rings. The highest BCUT2D eigenvalue weighted by molar-refractivity contribution is 5.73. The molecule has 6 nitrogen and oxygen atoms in total. The van der Waals surface area contributed by atoms with Gasteiger partial charge in [-0.1, -0.05) is 31.2 Å². The number of aliphatic hydroxyl groups excluding tert-OH is 2. The molecule has 0 atom stereocenters. The van der Waals surface area contributed by atoms with E-state index < -0.39 is 0 Å². The first-order valence-electron chi connectivity index (χ1n) is 5.57. The minimum atomic E-state index is -0.218. The van der Waals surface area contributed by atoms with Gasteiger partial charge < -0.3 is 10.2 Å². The molecule has 2 aromatic rings. The summed E-state index contributed by atoms with van der Waals surface area (Å²) < 4.78 is 1.63. The number of fused-ring (bicyclic) bond motifs is 1. The molecular formula is C11H18N4O2. The van der Waals surface area contributed by atoms with Crippen LogP contribution in [0.2, 0.25) is 0 Å². The predicted molar refractivity (Wildman–Crippen MR) is 64.9 cm³/mol. The van der Waals surface area contributed by atoms with Gasteiger partial charge in [-0.05, 0) is 12.1 Å². The number of nitrogens with zero attached hydrogens (tertiary/aromatic N) is 4. The molecule has 0 spiro atoms. The number of aliphatic hydroxyl groups is 2. The Morgan fingerprint density at radius 3 is 2.47 bits per heavy atom. The maximum atomic E-state index is 8.90. The molecule has 0 aliphatic carbocycles. The average molecular weight is 238 g/mol. The lowest BCUT2D eigenvalue weighted by Gasteiger charge is -2.15. The van der Waals surface area contributed by atoms with Crippen molar-refractivity contribution in [3.63, 3.8) is 0 Å². The lowest BCUT2D eigenvalue weighted by atomic mass is 10.3. The van der Waals surface area contributed by atoms with E-state index >= 15 is 0 Å². The number of benzene rings is 1. The van der Waals surface area contributed by atoms with Crippen molar-refractivity contribution in [2.45, 2.75) is 20.5 Å². The van der Waals surface area contributed by atoms with Crippen molar-refractivity contribution in [1.82, 2.24) is 19.9 Å². The van der Waals surface area contributed by atoms with E-state index in [9.17, 15) is 0 Å². The Balaban J connectivity index is 0.000000686. The van der Waals surface area contributed by atoms with Crippen molar-refractivity contribution in [2.24, 2.45) is 0 Å². The molecule has 0 aliphatic heterocycles. The molecule has 2 rings (SSSR count). The normalized spacial score (nSPS) is 10.4. The lowest BCUT2D eigenvalue weighted by molar-refractivity contribution is 0.00448. The second-order valence-electron chi connectivity index (χ2n) is 3.17. The largest absolute Gasteiger partial charge is 0.381 e. The summed E-state index contributed by atoms with van der Waals surface area (Å²) in [6.45, 7) is 3.88. The molecule has 0 saturated heterocycles. The van der Waals surface area contributed by atoms with Gasteiger partial charge in [-0.3, -0.25) is 0 Å². The molecular weight excluding hydrogens is 220 g/mol. The van der Waals surface area contributed by atoms with Gasteiger partial charge in [0.25, 0.3) is 0 Å². The monoisotopic (exact) mass is 238 g/mol. The number of rotatable bonds is 4. The van der Waals surface area contributed by atoms with Crippen LogP contribution in [0.5, 0.6) is 0 Å². The fourth-order valence-electron chi connectivity index (χ4n) is 1.35. The Kier molecular flexibility index (Phi) is 5.55. The van der Waals surface area contributed by atoms with E-state index in [4.69, 9.17) is 10.2 Å². The van der Waals surface area contributed by atoms with Crippen LogP contribution in [0.1, 0.15) is 13.8 Å². The van der Waals surface area contributed by atoms with Gasteiger partial charge in [-0.2, -0.15) is 0 Å². The molecule has 2 N–H and O–H groups in total. The molecule has 0 saturated carbocycles. The smallest absolute Gasteiger partial charge is 0.113 e. The lowest BCUT2D eigenvalue weighted by Crippen LogP contribution is -2.28. The van der Waals surface area contributed by atoms with E-state index in [-0.39, 0.29) is 13.5 Å². The van der Waals surface area contributed by atoms with Gasteiger partial charge in [0, 0.05) is 0 Å². The summed E-state index contributed by atoms with van der Waals surface area (Å²) in [4.78, 5) is 1.42. The molecule has 17 heavy (non-hydrogen) atoms. The molecule has 1 aromatic carbocycles. The molecule has 1 heterocycles. The third-order valence-electron chi connectivity index (χ3n) is 2.15. The van der Waals surface area contributed by atoms with Crippen LogP contribution in [0.4, 0.5) is 0 Å². The molecule has 0 bridgehead atoms. The fourth-order valence-corrected chi connectivity index (χ4v) is 1.35. The van der Waals surface area contributed by atoms with E-state index in [0.717, 1.165) is 11.0 Å². The van der Waals surface area contributed by atoms with Crippen LogP contribution in [0.3, 0.4) is 0 Å². The molecule has 1 aromatic heterocycles. The van der Waals surface area contributed by atoms with Crippen LogP contribution in [-0.4, -0.2) is 43.6 Å². The third-order valence-corrected chi connectivity index (χ3v) is 2.15. The van der Waals surface area contributed by atoms with Crippen molar-refractivity contribution >= 4 is 11.0 Å². The molecule has 0 unspecified atom stereocenters. The summed E-state index contributed by atoms with van der Waals surface area (Å²) in [6, 6.07) is 7.53. The van der Waals surface area contributed by atoms with Crippen molar-refractivity contribution in [1.29, 1.82) is 0 Å². The molecule has 0 radical (unpaired) electrons. The summed E-state index contributed by atoms with van der Waals surface area (Å²) in [5.41, 5.74) is 1.68. The highest BCUT2D eigenvalue weighted by atomic mass is 16.3. The topological polar surface area (TPSA) is 74.4 Å². The average Bonchev–Trinajstić information content (AvgIpc) is 2.81. The third kappa shape index (κ3) is 3.23. The van der Waals surface area contributed by atoms with Crippen LogP contribution in [0.25, 0.3) is 11.0 Å². The molecule has 0 aliphatic rings. The minimum absolute atomic E-state index is 0.218. The fraction of sp³-hybridized carbons (Fsp3) is 0.455. The van der Waals surface area contributed by atoms with Gasteiger partial charge in [0.05, 0.1) is 25.6 Å². The van der Waals surface area contributed by atoms with E-state index in [0.29, 0.717) is 6.67 Å². The van der Waals surface area contributed by atoms with Crippen molar-refractivity contribution in [2.75, 3.05) is 13.5 Å². The van der Waals surface area contributed by atoms with Crippen LogP contribution < -0.4 is 0 Å². The first kappa shape index (κ1) is 13.6. The highest BCUT2D eigenvalue weighted by Crippen LogP contribution is 2.09. The maximum absolute atomic E-state index is 8.90. The van der Waals surface area contributed by atoms with Crippen molar-refractivity contribution < 1.29 is 10.2 Å². The number of hydrogen-bond donors (Lipinski definition) is 2. The molecule has 0 amide bonds. The van der Waals surface area contributed by atoms with Crippen LogP contribution >= 0.6 is 0 Å². The second kappa shape index (κ2) is 6.95. The predicted octanol–water partition coefficient (Wildman–Crippen LogP) is 0.617. The number of hydrogen-bond acceptors (Lipinski definition) is 5. The van der Waals surface area contributed by atoms with Gasteiger partial charge in [-0.15, -0.1) is 5.10 Å². The first-order chi connectivity index (χ1) is 8.35. The quantitative estimate of drug-likeness (QED) is 0.764. The molecule has 94 valence electrons. The summed E-state index contributed by atoms with van der Waals surface area (Å²) in [7, 11) is 0. The van der Waals surface area contributed by atoms with Crippen LogP contribution in [-0.2, 0) is 6.67 Å². The summed E-state index contributed by atoms with van der Waals surface area (Å²) in [5, 5.41) is 25.7. The van der Waals surface area contributed by atoms with Crippen LogP contribution in [0.15, 0.2) is 24.3 Å². The Morgan fingerprint density at radius 2 is 1.82 bits per heavy atom. The zero-order valence-corrected chi connectivity index (χ0v) is 10.1. The standard InChI is InChI=1S/C9H12N4O2.C2H6/c14-6-12(7-15)5-13-9-4-2-1-3-8(9)10-11-13;1-2/h1-4,14-15H,5-7H2;1-2H3. The Morgan fingerprint density at radius 1 is 1.18 bits per heavy atom. The summed E-state index contributed by atoms with van der Waals surface area (Å²) in [5.74, 6) is 0. The Labute approximate surface area is 100 Å². The highest BCUT2D eigenvalue weighted by Gasteiger charge is 2.06. The van der Waals surface area contributed by atoms with E-state index in [1.165, 1.54) is 4.90 Å². The van der Waals surface area contributed by atoms with E-state index in [2.05, 4.69) is 10.3 Å². The zero-order valence-electron chi connectivity index (χ0n) is 10.1. The molecule has 6 heteroatoms. The summed E-state index contributed by atoms with van der Waals surface area (Å²) in [6.07, 6.45) is 0. The van der Waals surface area contributed by atoms with Crippen LogP contribution in [0, 0.1) is 0 Å². The number of para-hydroxylation sites is 1. The van der Waals surface area contributed by atoms with Gasteiger partial charge in [-0.25, -0.2) is 9.58 Å². The van der Waals surface area contributed by atoms with Gasteiger partial charge >= 0.3 is 0 Å². The van der Waals surface area contributed by atoms with Gasteiger partial charge in [0.1, 0.15) is 5.52 Å². The minimum Gasteiger partial charge on any atom is -0.381 e. The second-order valence-corrected chi connectivity index (χ2v) is 3.17. The van der Waals surface area contributed by atoms with Gasteiger partial charge in [0.2, 0.25) is 0 Å². The van der Waals surface area contributed by atoms with Crippen molar-refractivity contribution in [3.8, 4) is 0 Å². The van der Waals surface area contributed by atoms with E-state index in [1.807, 2.05) is 38.1 Å². The van der Waals surface area contributed by atoms with Gasteiger partial charge in [0.15, 0.2) is 0 Å².